The minimum absolute atomic E-state index is 0.487. The van der Waals surface area contributed by atoms with Crippen molar-refractivity contribution in [1.82, 2.24) is 9.88 Å². The summed E-state index contributed by atoms with van der Waals surface area (Å²) in [5.41, 5.74) is 0. The van der Waals surface area contributed by atoms with E-state index in [4.69, 9.17) is 4.42 Å². The summed E-state index contributed by atoms with van der Waals surface area (Å²) in [6.07, 6.45) is 2.87. The lowest BCUT2D eigenvalue weighted by Gasteiger charge is -2.05. The van der Waals surface area contributed by atoms with Crippen molar-refractivity contribution in [3.05, 3.63) is 16.8 Å². The van der Waals surface area contributed by atoms with Crippen LogP contribution in [0.4, 0.5) is 0 Å². The molecular formula is C8H11BrN2O. The average Bonchev–Trinajstić information content (AvgIpc) is 2.58. The highest BCUT2D eigenvalue weighted by Gasteiger charge is 2.24. The van der Waals surface area contributed by atoms with E-state index in [-0.39, 0.29) is 0 Å². The Morgan fingerprint density at radius 2 is 2.58 bits per heavy atom. The highest BCUT2D eigenvalue weighted by Crippen LogP contribution is 2.26. The third-order valence-electron chi connectivity index (χ3n) is 2.24. The molecule has 12 heavy (non-hydrogen) atoms. The van der Waals surface area contributed by atoms with Gasteiger partial charge in [0.15, 0.2) is 10.6 Å². The van der Waals surface area contributed by atoms with Crippen LogP contribution in [0.1, 0.15) is 18.2 Å². The van der Waals surface area contributed by atoms with E-state index in [9.17, 15) is 0 Å². The lowest BCUT2D eigenvalue weighted by molar-refractivity contribution is 0.388. The van der Waals surface area contributed by atoms with Crippen LogP contribution in [0.3, 0.4) is 0 Å². The van der Waals surface area contributed by atoms with Gasteiger partial charge >= 0.3 is 0 Å². The van der Waals surface area contributed by atoms with Gasteiger partial charge in [-0.05, 0) is 35.9 Å². The van der Waals surface area contributed by atoms with Gasteiger partial charge in [0, 0.05) is 12.5 Å². The topological polar surface area (TPSA) is 29.3 Å². The van der Waals surface area contributed by atoms with Crippen LogP contribution in [0.15, 0.2) is 15.3 Å². The maximum atomic E-state index is 5.39. The molecule has 0 bridgehead atoms. The molecule has 1 unspecified atom stereocenters. The van der Waals surface area contributed by atoms with Crippen LogP contribution >= 0.6 is 15.9 Å². The Morgan fingerprint density at radius 1 is 1.75 bits per heavy atom. The molecule has 1 fully saturated rings. The van der Waals surface area contributed by atoms with Crippen LogP contribution in [-0.2, 0) is 0 Å². The molecule has 0 saturated carbocycles. The number of rotatable bonds is 1. The molecule has 1 aliphatic heterocycles. The Morgan fingerprint density at radius 3 is 3.08 bits per heavy atom. The molecule has 1 aromatic heterocycles. The normalized spacial score (nSPS) is 25.0. The molecule has 1 aliphatic rings. The molecule has 0 aliphatic carbocycles. The first-order valence-corrected chi connectivity index (χ1v) is 4.85. The Bertz CT molecular complexity index is 274. The maximum absolute atomic E-state index is 5.39. The van der Waals surface area contributed by atoms with E-state index < -0.39 is 0 Å². The molecular weight excluding hydrogens is 220 g/mol. The molecule has 2 heterocycles. The van der Waals surface area contributed by atoms with Crippen molar-refractivity contribution < 1.29 is 4.42 Å². The van der Waals surface area contributed by atoms with Gasteiger partial charge in [-0.2, -0.15) is 0 Å². The molecule has 3 nitrogen and oxygen atoms in total. The second kappa shape index (κ2) is 3.18. The van der Waals surface area contributed by atoms with Crippen molar-refractivity contribution in [2.45, 2.75) is 12.3 Å². The molecule has 1 aromatic rings. The number of halogens is 1. The van der Waals surface area contributed by atoms with Gasteiger partial charge in [0.05, 0.1) is 6.20 Å². The monoisotopic (exact) mass is 230 g/mol. The average molecular weight is 231 g/mol. The first-order chi connectivity index (χ1) is 5.75. The van der Waals surface area contributed by atoms with Gasteiger partial charge in [0.1, 0.15) is 0 Å². The molecule has 0 N–H and O–H groups in total. The summed E-state index contributed by atoms with van der Waals surface area (Å²) in [5, 5.41) is 0. The quantitative estimate of drug-likeness (QED) is 0.738. The summed E-state index contributed by atoms with van der Waals surface area (Å²) in [4.78, 5) is 6.49. The number of likely N-dealkylation sites (tertiary alicyclic amines) is 1. The van der Waals surface area contributed by atoms with Crippen LogP contribution < -0.4 is 0 Å². The minimum Gasteiger partial charge on any atom is -0.434 e. The SMILES string of the molecule is CN1CCC(c2ncc(Br)o2)C1. The standard InChI is InChI=1S/C8H11BrN2O/c1-11-3-2-6(5-11)8-10-4-7(9)12-8/h4,6H,2-3,5H2,1H3. The first kappa shape index (κ1) is 8.26. The second-order valence-corrected chi connectivity index (χ2v) is 4.03. The molecule has 0 amide bonds. The first-order valence-electron chi connectivity index (χ1n) is 4.05. The van der Waals surface area contributed by atoms with Gasteiger partial charge in [0.25, 0.3) is 0 Å². The van der Waals surface area contributed by atoms with Gasteiger partial charge in [-0.25, -0.2) is 4.98 Å². The number of oxazole rings is 1. The van der Waals surface area contributed by atoms with Crippen LogP contribution in [0.5, 0.6) is 0 Å². The van der Waals surface area contributed by atoms with Crippen molar-refractivity contribution in [2.75, 3.05) is 20.1 Å². The molecule has 0 spiro atoms. The van der Waals surface area contributed by atoms with Gasteiger partial charge in [0.2, 0.25) is 0 Å². The summed E-state index contributed by atoms with van der Waals surface area (Å²) in [6.45, 7) is 2.21. The molecule has 1 saturated heterocycles. The zero-order valence-corrected chi connectivity index (χ0v) is 8.54. The third kappa shape index (κ3) is 1.54. The number of nitrogens with zero attached hydrogens (tertiary/aromatic N) is 2. The molecule has 2 rings (SSSR count). The van der Waals surface area contributed by atoms with Crippen molar-refractivity contribution in [2.24, 2.45) is 0 Å². The van der Waals surface area contributed by atoms with E-state index in [1.807, 2.05) is 0 Å². The van der Waals surface area contributed by atoms with Crippen LogP contribution in [0, 0.1) is 0 Å². The Labute approximate surface area is 79.9 Å². The van der Waals surface area contributed by atoms with E-state index in [0.717, 1.165) is 30.1 Å². The predicted octanol–water partition coefficient (Wildman–Crippen LogP) is 1.86. The maximum Gasteiger partial charge on any atom is 0.200 e. The van der Waals surface area contributed by atoms with Crippen LogP contribution in [0.2, 0.25) is 0 Å². The molecule has 0 radical (unpaired) electrons. The molecule has 0 aromatic carbocycles. The second-order valence-electron chi connectivity index (χ2n) is 3.25. The lowest BCUT2D eigenvalue weighted by Crippen LogP contribution is -2.13. The number of likely N-dealkylation sites (N-methyl/N-ethyl adjacent to an activating group) is 1. The minimum atomic E-state index is 0.487. The van der Waals surface area contributed by atoms with Crippen molar-refractivity contribution >= 4 is 15.9 Å². The van der Waals surface area contributed by atoms with E-state index >= 15 is 0 Å². The predicted molar refractivity (Wildman–Crippen MR) is 49.1 cm³/mol. The molecule has 66 valence electrons. The number of hydrogen-bond acceptors (Lipinski definition) is 3. The summed E-state index contributed by atoms with van der Waals surface area (Å²) in [7, 11) is 2.12. The Balaban J connectivity index is 2.11. The van der Waals surface area contributed by atoms with Crippen molar-refractivity contribution in [1.29, 1.82) is 0 Å². The Kier molecular flexibility index (Phi) is 2.19. The summed E-state index contributed by atoms with van der Waals surface area (Å²) >= 11 is 3.25. The summed E-state index contributed by atoms with van der Waals surface area (Å²) in [6, 6.07) is 0. The molecule has 4 heteroatoms. The summed E-state index contributed by atoms with van der Waals surface area (Å²) in [5.74, 6) is 1.35. The number of aromatic nitrogens is 1. The van der Waals surface area contributed by atoms with E-state index in [1.54, 1.807) is 6.20 Å². The summed E-state index contributed by atoms with van der Waals surface area (Å²) < 4.78 is 6.12. The highest BCUT2D eigenvalue weighted by molar-refractivity contribution is 9.10. The third-order valence-corrected chi connectivity index (χ3v) is 2.60. The largest absolute Gasteiger partial charge is 0.434 e. The Hall–Kier alpha value is -0.350. The fourth-order valence-electron chi connectivity index (χ4n) is 1.59. The molecule has 1 atom stereocenters. The highest BCUT2D eigenvalue weighted by atomic mass is 79.9. The number of hydrogen-bond donors (Lipinski definition) is 0. The lowest BCUT2D eigenvalue weighted by atomic mass is 10.1. The fraction of sp³-hybridized carbons (Fsp3) is 0.625. The van der Waals surface area contributed by atoms with Gasteiger partial charge in [-0.15, -0.1) is 0 Å². The van der Waals surface area contributed by atoms with Crippen LogP contribution in [-0.4, -0.2) is 30.0 Å². The van der Waals surface area contributed by atoms with Crippen molar-refractivity contribution in [3.63, 3.8) is 0 Å². The van der Waals surface area contributed by atoms with Crippen molar-refractivity contribution in [3.8, 4) is 0 Å². The van der Waals surface area contributed by atoms with Gasteiger partial charge in [-0.1, -0.05) is 0 Å². The zero-order chi connectivity index (χ0) is 8.55. The smallest absolute Gasteiger partial charge is 0.200 e. The van der Waals surface area contributed by atoms with E-state index in [1.165, 1.54) is 0 Å². The van der Waals surface area contributed by atoms with Gasteiger partial charge < -0.3 is 9.32 Å². The van der Waals surface area contributed by atoms with Gasteiger partial charge in [-0.3, -0.25) is 0 Å². The van der Waals surface area contributed by atoms with Crippen LogP contribution in [0.25, 0.3) is 0 Å². The van der Waals surface area contributed by atoms with E-state index in [0.29, 0.717) is 5.92 Å². The fourth-order valence-corrected chi connectivity index (χ4v) is 1.86. The van der Waals surface area contributed by atoms with E-state index in [2.05, 4.69) is 32.9 Å². The zero-order valence-electron chi connectivity index (χ0n) is 6.96.